The van der Waals surface area contributed by atoms with Gasteiger partial charge in [0.05, 0.1) is 27.6 Å². The van der Waals surface area contributed by atoms with Crippen LogP contribution in [0.2, 0.25) is 0 Å². The Morgan fingerprint density at radius 3 is 2.35 bits per heavy atom. The third-order valence-corrected chi connectivity index (χ3v) is 5.91. The SMILES string of the molecule is COc1cc(C(=O)c2cc(-c3ccco3)ccc2N2CC[C@@H](NC(C)=O)C2)cc(OC)c1OC. The molecule has 0 aliphatic carbocycles. The molecule has 1 aliphatic heterocycles. The summed E-state index contributed by atoms with van der Waals surface area (Å²) in [5, 5.41) is 2.97. The first kappa shape index (κ1) is 23.2. The summed E-state index contributed by atoms with van der Waals surface area (Å²) in [7, 11) is 4.55. The number of methoxy groups -OCH3 is 3. The highest BCUT2D eigenvalue weighted by Crippen LogP contribution is 2.40. The lowest BCUT2D eigenvalue weighted by Gasteiger charge is -2.23. The van der Waals surface area contributed by atoms with E-state index >= 15 is 0 Å². The quantitative estimate of drug-likeness (QED) is 0.506. The van der Waals surface area contributed by atoms with Crippen LogP contribution in [0.15, 0.2) is 53.1 Å². The van der Waals surface area contributed by atoms with E-state index in [-0.39, 0.29) is 17.7 Å². The van der Waals surface area contributed by atoms with Gasteiger partial charge in [-0.2, -0.15) is 0 Å². The molecule has 2 heterocycles. The van der Waals surface area contributed by atoms with Crippen molar-refractivity contribution >= 4 is 17.4 Å². The Hall–Kier alpha value is -3.94. The maximum absolute atomic E-state index is 13.9. The molecule has 0 saturated carbocycles. The Morgan fingerprint density at radius 1 is 1.03 bits per heavy atom. The fourth-order valence-electron chi connectivity index (χ4n) is 4.34. The van der Waals surface area contributed by atoms with Crippen molar-refractivity contribution in [2.45, 2.75) is 19.4 Å². The largest absolute Gasteiger partial charge is 0.493 e. The van der Waals surface area contributed by atoms with Crippen LogP contribution in [0.3, 0.4) is 0 Å². The van der Waals surface area contributed by atoms with Crippen molar-refractivity contribution in [2.75, 3.05) is 39.3 Å². The third kappa shape index (κ3) is 4.57. The molecule has 8 nitrogen and oxygen atoms in total. The van der Waals surface area contributed by atoms with E-state index in [1.54, 1.807) is 18.4 Å². The van der Waals surface area contributed by atoms with E-state index in [0.717, 1.165) is 24.2 Å². The highest BCUT2D eigenvalue weighted by molar-refractivity contribution is 6.13. The zero-order valence-corrected chi connectivity index (χ0v) is 19.7. The number of ether oxygens (including phenoxy) is 3. The molecule has 1 N–H and O–H groups in total. The number of nitrogens with zero attached hydrogens (tertiary/aromatic N) is 1. The first-order chi connectivity index (χ1) is 16.4. The molecular formula is C26H28N2O6. The first-order valence-electron chi connectivity index (χ1n) is 11.0. The van der Waals surface area contributed by atoms with Gasteiger partial charge >= 0.3 is 0 Å². The number of hydrogen-bond acceptors (Lipinski definition) is 7. The van der Waals surface area contributed by atoms with Gasteiger partial charge in [0, 0.05) is 48.4 Å². The van der Waals surface area contributed by atoms with Crippen LogP contribution in [0.25, 0.3) is 11.3 Å². The topological polar surface area (TPSA) is 90.2 Å². The fourth-order valence-corrected chi connectivity index (χ4v) is 4.34. The van der Waals surface area contributed by atoms with E-state index in [1.807, 2.05) is 30.3 Å². The fraction of sp³-hybridized carbons (Fsp3) is 0.308. The second kappa shape index (κ2) is 9.91. The monoisotopic (exact) mass is 464 g/mol. The molecule has 8 heteroatoms. The van der Waals surface area contributed by atoms with Crippen molar-refractivity contribution in [1.82, 2.24) is 5.32 Å². The number of hydrogen-bond donors (Lipinski definition) is 1. The van der Waals surface area contributed by atoms with E-state index in [9.17, 15) is 9.59 Å². The maximum Gasteiger partial charge on any atom is 0.217 e. The average Bonchev–Trinajstić information content (AvgIpc) is 3.54. The Bertz CT molecular complexity index is 1160. The van der Waals surface area contributed by atoms with Crippen molar-refractivity contribution in [1.29, 1.82) is 0 Å². The summed E-state index contributed by atoms with van der Waals surface area (Å²) in [6.45, 7) is 2.86. The number of amides is 1. The summed E-state index contributed by atoms with van der Waals surface area (Å²) < 4.78 is 21.9. The summed E-state index contributed by atoms with van der Waals surface area (Å²) in [6.07, 6.45) is 2.40. The van der Waals surface area contributed by atoms with Crippen molar-refractivity contribution in [3.05, 3.63) is 59.9 Å². The summed E-state index contributed by atoms with van der Waals surface area (Å²) >= 11 is 0. The molecule has 1 aromatic heterocycles. The third-order valence-electron chi connectivity index (χ3n) is 5.91. The summed E-state index contributed by atoms with van der Waals surface area (Å²) in [6, 6.07) is 12.7. The van der Waals surface area contributed by atoms with Crippen LogP contribution >= 0.6 is 0 Å². The summed E-state index contributed by atoms with van der Waals surface area (Å²) in [5.41, 5.74) is 2.51. The van der Waals surface area contributed by atoms with Crippen LogP contribution in [0, 0.1) is 0 Å². The van der Waals surface area contributed by atoms with Gasteiger partial charge < -0.3 is 28.8 Å². The second-order valence-electron chi connectivity index (χ2n) is 8.08. The predicted molar refractivity (Wildman–Crippen MR) is 128 cm³/mol. The number of furan rings is 1. The zero-order chi connectivity index (χ0) is 24.2. The number of carbonyl (C=O) groups is 2. The van der Waals surface area contributed by atoms with E-state index in [4.69, 9.17) is 18.6 Å². The van der Waals surface area contributed by atoms with E-state index in [1.165, 1.54) is 28.3 Å². The molecule has 3 aromatic rings. The number of benzene rings is 2. The van der Waals surface area contributed by atoms with Crippen LogP contribution in [-0.4, -0.2) is 52.2 Å². The van der Waals surface area contributed by atoms with Crippen molar-refractivity contribution < 1.29 is 28.2 Å². The van der Waals surface area contributed by atoms with Crippen molar-refractivity contribution in [2.24, 2.45) is 0 Å². The van der Waals surface area contributed by atoms with Crippen molar-refractivity contribution in [3.8, 4) is 28.6 Å². The van der Waals surface area contributed by atoms with Gasteiger partial charge in [-0.1, -0.05) is 0 Å². The number of anilines is 1. The lowest BCUT2D eigenvalue weighted by Crippen LogP contribution is -2.35. The van der Waals surface area contributed by atoms with Crippen LogP contribution in [0.4, 0.5) is 5.69 Å². The van der Waals surface area contributed by atoms with E-state index in [0.29, 0.717) is 40.7 Å². The Kier molecular flexibility index (Phi) is 6.77. The molecule has 0 bridgehead atoms. The van der Waals surface area contributed by atoms with Crippen LogP contribution < -0.4 is 24.4 Å². The zero-order valence-electron chi connectivity index (χ0n) is 19.7. The molecule has 1 atom stereocenters. The molecule has 2 aromatic carbocycles. The van der Waals surface area contributed by atoms with Gasteiger partial charge in [0.2, 0.25) is 11.7 Å². The van der Waals surface area contributed by atoms with Crippen LogP contribution in [-0.2, 0) is 4.79 Å². The van der Waals surface area contributed by atoms with Gasteiger partial charge in [0.1, 0.15) is 5.76 Å². The predicted octanol–water partition coefficient (Wildman–Crippen LogP) is 3.92. The first-order valence-corrected chi connectivity index (χ1v) is 11.0. The minimum absolute atomic E-state index is 0.0337. The van der Waals surface area contributed by atoms with Crippen LogP contribution in [0.5, 0.6) is 17.2 Å². The smallest absolute Gasteiger partial charge is 0.217 e. The number of ketones is 1. The lowest BCUT2D eigenvalue weighted by atomic mass is 9.97. The molecule has 4 rings (SSSR count). The molecule has 0 spiro atoms. The summed E-state index contributed by atoms with van der Waals surface area (Å²) in [5.74, 6) is 1.65. The molecule has 34 heavy (non-hydrogen) atoms. The Balaban J connectivity index is 1.78. The molecule has 1 fully saturated rings. The van der Waals surface area contributed by atoms with Gasteiger partial charge in [-0.25, -0.2) is 0 Å². The standard InChI is InChI=1S/C26H28N2O6/c1-16(29)27-19-9-10-28(15-19)21-8-7-17(22-6-5-11-34-22)12-20(21)25(30)18-13-23(31-2)26(33-4)24(14-18)32-3/h5-8,11-14,19H,9-10,15H2,1-4H3,(H,27,29)/t19-/m1/s1. The number of nitrogens with one attached hydrogen (secondary N) is 1. The highest BCUT2D eigenvalue weighted by atomic mass is 16.5. The molecule has 1 aliphatic rings. The van der Waals surface area contributed by atoms with Crippen molar-refractivity contribution in [3.63, 3.8) is 0 Å². The van der Waals surface area contributed by atoms with Gasteiger partial charge in [-0.3, -0.25) is 9.59 Å². The molecule has 1 saturated heterocycles. The molecule has 178 valence electrons. The molecular weight excluding hydrogens is 436 g/mol. The Morgan fingerprint density at radius 2 is 1.76 bits per heavy atom. The lowest BCUT2D eigenvalue weighted by molar-refractivity contribution is -0.119. The number of rotatable bonds is 8. The average molecular weight is 465 g/mol. The number of carbonyl (C=O) groups excluding carboxylic acids is 2. The second-order valence-corrected chi connectivity index (χ2v) is 8.08. The van der Waals surface area contributed by atoms with Gasteiger partial charge in [0.15, 0.2) is 17.3 Å². The van der Waals surface area contributed by atoms with Gasteiger partial charge in [-0.05, 0) is 48.9 Å². The van der Waals surface area contributed by atoms with E-state index < -0.39 is 0 Å². The Labute approximate surface area is 198 Å². The minimum atomic E-state index is -0.189. The van der Waals surface area contributed by atoms with Gasteiger partial charge in [0.25, 0.3) is 0 Å². The summed E-state index contributed by atoms with van der Waals surface area (Å²) in [4.78, 5) is 27.5. The van der Waals surface area contributed by atoms with Crippen LogP contribution in [0.1, 0.15) is 29.3 Å². The highest BCUT2D eigenvalue weighted by Gasteiger charge is 2.28. The molecule has 1 amide bonds. The maximum atomic E-state index is 13.9. The molecule has 0 radical (unpaired) electrons. The van der Waals surface area contributed by atoms with E-state index in [2.05, 4.69) is 10.2 Å². The minimum Gasteiger partial charge on any atom is -0.493 e. The molecule has 0 unspecified atom stereocenters. The van der Waals surface area contributed by atoms with Gasteiger partial charge in [-0.15, -0.1) is 0 Å². The normalized spacial score (nSPS) is 15.2.